The summed E-state index contributed by atoms with van der Waals surface area (Å²) < 4.78 is 29.0. The first-order chi connectivity index (χ1) is 5.87. The van der Waals surface area contributed by atoms with Gasteiger partial charge < -0.3 is 0 Å². The largest absolute Gasteiger partial charge is 0.335 e. The van der Waals surface area contributed by atoms with Crippen LogP contribution in [0.4, 0.5) is 0 Å². The maximum absolute atomic E-state index is 10.3. The topological polar surface area (TPSA) is 57.6 Å². The molecule has 0 aliphatic rings. The van der Waals surface area contributed by atoms with E-state index in [-0.39, 0.29) is 6.04 Å². The predicted molar refractivity (Wildman–Crippen MR) is 51.7 cm³/mol. The van der Waals surface area contributed by atoms with Crippen molar-refractivity contribution in [1.29, 1.82) is 0 Å². The second-order valence-electron chi connectivity index (χ2n) is 2.99. The van der Waals surface area contributed by atoms with Crippen LogP contribution in [0, 0.1) is 11.2 Å². The van der Waals surface area contributed by atoms with Crippen molar-refractivity contribution in [3.63, 3.8) is 0 Å². The van der Waals surface area contributed by atoms with E-state index in [0.717, 1.165) is 12.8 Å². The normalized spacial score (nSPS) is 13.6. The monoisotopic (exact) mass is 205 g/mol. The van der Waals surface area contributed by atoms with E-state index in [2.05, 4.69) is 5.92 Å². The van der Waals surface area contributed by atoms with Crippen molar-refractivity contribution in [2.75, 3.05) is 14.1 Å². The van der Waals surface area contributed by atoms with Crippen LogP contribution in [0.15, 0.2) is 0 Å². The molecule has 0 aromatic rings. The zero-order chi connectivity index (χ0) is 10.5. The van der Waals surface area contributed by atoms with Crippen LogP contribution in [-0.2, 0) is 10.1 Å². The van der Waals surface area contributed by atoms with Crippen molar-refractivity contribution >= 4 is 10.1 Å². The zero-order valence-corrected chi connectivity index (χ0v) is 8.93. The molecule has 0 bridgehead atoms. The lowest BCUT2D eigenvalue weighted by Crippen LogP contribution is -2.26. The van der Waals surface area contributed by atoms with Gasteiger partial charge in [-0.05, 0) is 20.5 Å². The van der Waals surface area contributed by atoms with Crippen LogP contribution >= 0.6 is 0 Å². The Bertz CT molecular complexity index is 297. The van der Waals surface area contributed by atoms with Crippen molar-refractivity contribution in [3.8, 4) is 11.2 Å². The first-order valence-corrected chi connectivity index (χ1v) is 5.47. The summed E-state index contributed by atoms with van der Waals surface area (Å²) in [5.74, 6) is 2.50. The number of nitrogens with zero attached hydrogens (tertiary/aromatic N) is 1. The van der Waals surface area contributed by atoms with E-state index >= 15 is 0 Å². The fraction of sp³-hybridized carbons (Fsp3) is 0.750. The minimum absolute atomic E-state index is 0.119. The van der Waals surface area contributed by atoms with Gasteiger partial charge in [-0.1, -0.05) is 19.3 Å². The fourth-order valence-electron chi connectivity index (χ4n) is 0.875. The van der Waals surface area contributed by atoms with Gasteiger partial charge in [0.05, 0.1) is 11.3 Å². The average molecular weight is 205 g/mol. The van der Waals surface area contributed by atoms with Gasteiger partial charge in [0.25, 0.3) is 0 Å². The third kappa shape index (κ3) is 6.58. The van der Waals surface area contributed by atoms with Gasteiger partial charge in [-0.3, -0.25) is 9.45 Å². The molecule has 0 radical (unpaired) electrons. The molecule has 1 unspecified atom stereocenters. The molecule has 76 valence electrons. The van der Waals surface area contributed by atoms with Crippen LogP contribution in [0.3, 0.4) is 0 Å². The smallest absolute Gasteiger partial charge is 0.296 e. The lowest BCUT2D eigenvalue weighted by atomic mass is 10.2. The third-order valence-electron chi connectivity index (χ3n) is 1.54. The van der Waals surface area contributed by atoms with Crippen LogP contribution in [0.1, 0.15) is 19.8 Å². The second-order valence-corrected chi connectivity index (χ2v) is 4.14. The van der Waals surface area contributed by atoms with Crippen LogP contribution in [0.25, 0.3) is 0 Å². The van der Waals surface area contributed by atoms with E-state index in [1.54, 1.807) is 0 Å². The molecule has 0 saturated heterocycles. The van der Waals surface area contributed by atoms with Crippen LogP contribution in [0.5, 0.6) is 0 Å². The third-order valence-corrected chi connectivity index (χ3v) is 1.92. The minimum Gasteiger partial charge on any atom is -0.296 e. The standard InChI is InChI=1S/C8H15NO3S/c1-4-5-8(9(2)3)6-7-13(10,11)12/h8H,4-5H2,1-3H3,(H,10,11,12). The average Bonchev–Trinajstić information content (AvgIpc) is 1.95. The second kappa shape index (κ2) is 5.22. The van der Waals surface area contributed by atoms with Crippen molar-refractivity contribution in [1.82, 2.24) is 4.90 Å². The quantitative estimate of drug-likeness (QED) is 0.540. The molecule has 5 heteroatoms. The van der Waals surface area contributed by atoms with Gasteiger partial charge in [0.2, 0.25) is 0 Å². The summed E-state index contributed by atoms with van der Waals surface area (Å²) in [4.78, 5) is 1.82. The van der Waals surface area contributed by atoms with E-state index in [1.165, 1.54) is 0 Å². The number of rotatable bonds is 3. The Hall–Kier alpha value is -0.570. The fourth-order valence-corrected chi connectivity index (χ4v) is 1.16. The molecule has 0 fully saturated rings. The van der Waals surface area contributed by atoms with E-state index in [4.69, 9.17) is 4.55 Å². The van der Waals surface area contributed by atoms with Gasteiger partial charge in [0.1, 0.15) is 0 Å². The van der Waals surface area contributed by atoms with Crippen LogP contribution < -0.4 is 0 Å². The molecular formula is C8H15NO3S. The van der Waals surface area contributed by atoms with Gasteiger partial charge in [-0.2, -0.15) is 8.42 Å². The molecule has 0 saturated carbocycles. The Kier molecular flexibility index (Phi) is 4.99. The maximum atomic E-state index is 10.3. The Balaban J connectivity index is 4.48. The van der Waals surface area contributed by atoms with E-state index < -0.39 is 10.1 Å². The molecule has 0 rings (SSSR count). The van der Waals surface area contributed by atoms with Crippen molar-refractivity contribution in [2.45, 2.75) is 25.8 Å². The molecule has 0 heterocycles. The Labute approximate surface area is 79.7 Å². The number of hydrogen-bond acceptors (Lipinski definition) is 3. The lowest BCUT2D eigenvalue weighted by Gasteiger charge is -2.17. The minimum atomic E-state index is -4.16. The van der Waals surface area contributed by atoms with E-state index in [0.29, 0.717) is 0 Å². The summed E-state index contributed by atoms with van der Waals surface area (Å²) in [6.07, 6.45) is 1.71. The van der Waals surface area contributed by atoms with Gasteiger partial charge >= 0.3 is 10.1 Å². The van der Waals surface area contributed by atoms with Gasteiger partial charge in [-0.25, -0.2) is 0 Å². The maximum Gasteiger partial charge on any atom is 0.335 e. The molecule has 4 nitrogen and oxygen atoms in total. The molecule has 0 spiro atoms. The molecule has 0 amide bonds. The highest BCUT2D eigenvalue weighted by Crippen LogP contribution is 2.01. The zero-order valence-electron chi connectivity index (χ0n) is 8.11. The first kappa shape index (κ1) is 12.4. The Morgan fingerprint density at radius 1 is 1.46 bits per heavy atom. The molecule has 1 atom stereocenters. The first-order valence-electron chi connectivity index (χ1n) is 4.03. The van der Waals surface area contributed by atoms with Crippen LogP contribution in [-0.4, -0.2) is 38.0 Å². The SMILES string of the molecule is CCCC(C#CS(=O)(=O)O)N(C)C. The highest BCUT2D eigenvalue weighted by Gasteiger charge is 2.06. The molecule has 13 heavy (non-hydrogen) atoms. The van der Waals surface area contributed by atoms with Gasteiger partial charge in [0.15, 0.2) is 0 Å². The van der Waals surface area contributed by atoms with Gasteiger partial charge in [0, 0.05) is 0 Å². The summed E-state index contributed by atoms with van der Waals surface area (Å²) >= 11 is 0. The highest BCUT2D eigenvalue weighted by molar-refractivity contribution is 7.90. The van der Waals surface area contributed by atoms with Crippen molar-refractivity contribution in [2.24, 2.45) is 0 Å². The molecule has 0 aliphatic carbocycles. The summed E-state index contributed by atoms with van der Waals surface area (Å²) in [6.45, 7) is 1.99. The molecule has 0 aromatic carbocycles. The molecule has 0 aromatic heterocycles. The summed E-state index contributed by atoms with van der Waals surface area (Å²) in [6, 6.07) is -0.119. The predicted octanol–water partition coefficient (Wildman–Crippen LogP) is 0.565. The van der Waals surface area contributed by atoms with Gasteiger partial charge in [-0.15, -0.1) is 0 Å². The van der Waals surface area contributed by atoms with Crippen molar-refractivity contribution in [3.05, 3.63) is 0 Å². The Morgan fingerprint density at radius 3 is 2.31 bits per heavy atom. The summed E-state index contributed by atoms with van der Waals surface area (Å²) in [7, 11) is -0.522. The molecule has 1 N–H and O–H groups in total. The summed E-state index contributed by atoms with van der Waals surface area (Å²) in [5.41, 5.74) is 0. The van der Waals surface area contributed by atoms with Crippen LogP contribution in [0.2, 0.25) is 0 Å². The van der Waals surface area contributed by atoms with Crippen molar-refractivity contribution < 1.29 is 13.0 Å². The lowest BCUT2D eigenvalue weighted by molar-refractivity contribution is 0.335. The number of hydrogen-bond donors (Lipinski definition) is 1. The Morgan fingerprint density at radius 2 is 2.00 bits per heavy atom. The highest BCUT2D eigenvalue weighted by atomic mass is 32.2. The van der Waals surface area contributed by atoms with E-state index in [9.17, 15) is 8.42 Å². The molecule has 0 aliphatic heterocycles. The van der Waals surface area contributed by atoms with E-state index in [1.807, 2.05) is 31.2 Å². The summed E-state index contributed by atoms with van der Waals surface area (Å²) in [5, 5.41) is 1.82. The molecular weight excluding hydrogens is 190 g/mol.